The van der Waals surface area contributed by atoms with E-state index >= 15 is 0 Å². The van der Waals surface area contributed by atoms with Gasteiger partial charge in [-0.2, -0.15) is 0 Å². The monoisotopic (exact) mass is 1070 g/mol. The third kappa shape index (κ3) is 34.6. The van der Waals surface area contributed by atoms with Gasteiger partial charge in [0, 0.05) is 51.9 Å². The molecule has 74 heavy (non-hydrogen) atoms. The van der Waals surface area contributed by atoms with Gasteiger partial charge >= 0.3 is 23.9 Å². The quantitative estimate of drug-likeness (QED) is 0.0206. The number of aliphatic carboxylic acids is 4. The number of carbonyl (C=O) groups is 6. The Morgan fingerprint density at radius 2 is 0.703 bits per heavy atom. The minimum atomic E-state index is -3.43. The summed E-state index contributed by atoms with van der Waals surface area (Å²) in [5.41, 5.74) is 1.25. The summed E-state index contributed by atoms with van der Waals surface area (Å²) in [6.45, 7) is 1.84. The normalized spacial score (nSPS) is 10.7. The highest BCUT2D eigenvalue weighted by Crippen LogP contribution is 2.15. The SMILES string of the molecule is O=C(O)CCCCCCCNS(=O)(=O)c1ccccc1.O=C(O)CCCCCNC(=O)Cc1ccccc1.O=C(O)CCCCCNC(=O)c1ccccc1O.O=C(O)CCCCCNS(=O)(=O)c1ccccc1. The summed E-state index contributed by atoms with van der Waals surface area (Å²) in [5.74, 6) is -3.48. The smallest absolute Gasteiger partial charge is 0.303 e. The summed E-state index contributed by atoms with van der Waals surface area (Å²) in [4.78, 5) is 64.8. The molecule has 4 rings (SSSR count). The number of phenols is 1. The number of carboxylic acid groups (broad SMARTS) is 4. The molecule has 9 N–H and O–H groups in total. The molecule has 4 aromatic carbocycles. The third-order valence-corrected chi connectivity index (χ3v) is 13.4. The highest BCUT2D eigenvalue weighted by Gasteiger charge is 2.13. The highest BCUT2D eigenvalue weighted by molar-refractivity contribution is 7.89. The Morgan fingerprint density at radius 1 is 0.378 bits per heavy atom. The molecule has 0 aliphatic rings. The van der Waals surface area contributed by atoms with E-state index in [1.807, 2.05) is 30.3 Å². The van der Waals surface area contributed by atoms with Gasteiger partial charge in [-0.15, -0.1) is 0 Å². The van der Waals surface area contributed by atoms with Crippen LogP contribution in [0.1, 0.15) is 131 Å². The molecule has 4 aromatic rings. The molecule has 0 saturated carbocycles. The molecule has 0 aliphatic carbocycles. The van der Waals surface area contributed by atoms with Gasteiger partial charge in [-0.3, -0.25) is 28.8 Å². The van der Waals surface area contributed by atoms with Crippen LogP contribution in [0.3, 0.4) is 0 Å². The van der Waals surface area contributed by atoms with Gasteiger partial charge in [-0.25, -0.2) is 26.3 Å². The fourth-order valence-electron chi connectivity index (χ4n) is 6.48. The van der Waals surface area contributed by atoms with Crippen LogP contribution in [-0.2, 0) is 50.4 Å². The lowest BCUT2D eigenvalue weighted by Gasteiger charge is -2.06. The van der Waals surface area contributed by atoms with Gasteiger partial charge < -0.3 is 36.2 Å². The predicted molar refractivity (Wildman–Crippen MR) is 281 cm³/mol. The second-order valence-corrected chi connectivity index (χ2v) is 20.3. The Hall–Kier alpha value is -6.68. The predicted octanol–water partition coefficient (Wildman–Crippen LogP) is 7.76. The summed E-state index contributed by atoms with van der Waals surface area (Å²) in [7, 11) is -6.83. The second-order valence-electron chi connectivity index (χ2n) is 16.7. The van der Waals surface area contributed by atoms with Gasteiger partial charge in [0.05, 0.1) is 21.8 Å². The number of carboxylic acids is 4. The lowest BCUT2D eigenvalue weighted by molar-refractivity contribution is -0.138. The number of rotatable bonds is 33. The maximum Gasteiger partial charge on any atom is 0.303 e. The summed E-state index contributed by atoms with van der Waals surface area (Å²) in [5, 5.41) is 48.8. The van der Waals surface area contributed by atoms with Crippen molar-refractivity contribution < 1.29 is 71.1 Å². The van der Waals surface area contributed by atoms with E-state index in [9.17, 15) is 50.7 Å². The molecule has 0 saturated heterocycles. The van der Waals surface area contributed by atoms with Crippen molar-refractivity contribution in [2.75, 3.05) is 26.2 Å². The number of unbranched alkanes of at least 4 members (excludes halogenated alkanes) is 10. The number of nitrogens with one attached hydrogen (secondary N) is 4. The average molecular weight is 1070 g/mol. The van der Waals surface area contributed by atoms with Crippen LogP contribution in [0.4, 0.5) is 0 Å². The topological polar surface area (TPSA) is 320 Å². The number of phenolic OH excluding ortho intramolecular Hbond substituents is 1. The van der Waals surface area contributed by atoms with E-state index in [0.29, 0.717) is 71.1 Å². The van der Waals surface area contributed by atoms with Gasteiger partial charge in [0.1, 0.15) is 5.75 Å². The van der Waals surface area contributed by atoms with Gasteiger partial charge in [-0.05, 0) is 93.3 Å². The molecular weight excluding hydrogens is 997 g/mol. The zero-order valence-corrected chi connectivity index (χ0v) is 43.5. The van der Waals surface area contributed by atoms with E-state index in [4.69, 9.17) is 20.4 Å². The minimum absolute atomic E-state index is 0.0134. The molecule has 0 spiro atoms. The second kappa shape index (κ2) is 39.8. The van der Waals surface area contributed by atoms with E-state index in [2.05, 4.69) is 20.1 Å². The number of carbonyl (C=O) groups excluding carboxylic acids is 2. The fraction of sp³-hybridized carbons (Fsp3) is 0.434. The van der Waals surface area contributed by atoms with Gasteiger partial charge in [0.25, 0.3) is 5.91 Å². The van der Waals surface area contributed by atoms with Gasteiger partial charge in [0.15, 0.2) is 0 Å². The van der Waals surface area contributed by atoms with Crippen molar-refractivity contribution in [3.8, 4) is 5.75 Å². The first kappa shape index (κ1) is 65.3. The van der Waals surface area contributed by atoms with Crippen LogP contribution in [-0.4, -0.2) is 104 Å². The van der Waals surface area contributed by atoms with Crippen molar-refractivity contribution in [2.24, 2.45) is 0 Å². The van der Waals surface area contributed by atoms with Crippen LogP contribution in [0, 0.1) is 0 Å². The van der Waals surface area contributed by atoms with Gasteiger partial charge in [0.2, 0.25) is 26.0 Å². The van der Waals surface area contributed by atoms with Crippen molar-refractivity contribution in [1.82, 2.24) is 20.1 Å². The number of sulfonamides is 2. The molecule has 0 aliphatic heterocycles. The zero-order chi connectivity index (χ0) is 54.9. The number of aromatic hydroxyl groups is 1. The molecule has 0 unspecified atom stereocenters. The van der Waals surface area contributed by atoms with Crippen molar-refractivity contribution in [1.29, 1.82) is 0 Å². The molecule has 0 radical (unpaired) electrons. The summed E-state index contributed by atoms with van der Waals surface area (Å²) < 4.78 is 52.3. The Labute approximate surface area is 435 Å². The summed E-state index contributed by atoms with van der Waals surface area (Å²) >= 11 is 0. The molecule has 0 aromatic heterocycles. The van der Waals surface area contributed by atoms with Crippen molar-refractivity contribution in [3.05, 3.63) is 126 Å². The van der Waals surface area contributed by atoms with E-state index in [1.165, 1.54) is 18.2 Å². The first-order valence-electron chi connectivity index (χ1n) is 24.7. The third-order valence-electron chi connectivity index (χ3n) is 10.4. The first-order valence-corrected chi connectivity index (χ1v) is 27.6. The average Bonchev–Trinajstić information content (AvgIpc) is 3.36. The number of para-hydroxylation sites is 1. The summed E-state index contributed by atoms with van der Waals surface area (Å²) in [6, 6.07) is 32.4. The molecule has 2 amide bonds. The lowest BCUT2D eigenvalue weighted by Crippen LogP contribution is -2.26. The molecule has 408 valence electrons. The lowest BCUT2D eigenvalue weighted by atomic mass is 10.1. The maximum atomic E-state index is 11.9. The standard InChI is InChI=1S/C14H21NO4S.C14H19NO3.C13H17NO4.C12H17NO4S/c16-14(17)11-7-2-1-3-8-12-15-20(18,19)13-9-5-4-6-10-13;16-13(11-12-7-3-1-4-8-12)15-10-6-2-5-9-14(17)18;15-11-7-4-3-6-10(11)13(18)14-9-5-1-2-8-12(16)17;14-12(15)9-5-2-6-10-13-18(16,17)11-7-3-1-4-8-11/h4-6,9-10,15H,1-3,7-8,11-12H2,(H,16,17);1,3-4,7-8H,2,5-6,9-11H2,(H,15,16)(H,17,18);3-4,6-7,15H,1-2,5,8-9H2,(H,14,18)(H,16,17);1,3-4,7-8,13H,2,5-6,9-10H2,(H,14,15). The van der Waals surface area contributed by atoms with Crippen LogP contribution in [0.15, 0.2) is 125 Å². The van der Waals surface area contributed by atoms with Crippen LogP contribution in [0.5, 0.6) is 5.75 Å². The molecule has 0 bridgehead atoms. The van der Waals surface area contributed by atoms with Crippen molar-refractivity contribution in [2.45, 2.75) is 132 Å². The Morgan fingerprint density at radius 3 is 1.11 bits per heavy atom. The van der Waals surface area contributed by atoms with Crippen LogP contribution >= 0.6 is 0 Å². The fourth-order valence-corrected chi connectivity index (χ4v) is 8.67. The first-order chi connectivity index (χ1) is 35.3. The molecule has 0 fully saturated rings. The largest absolute Gasteiger partial charge is 0.507 e. The molecule has 21 heteroatoms. The minimum Gasteiger partial charge on any atom is -0.507 e. The Bertz CT molecular complexity index is 2450. The van der Waals surface area contributed by atoms with E-state index in [0.717, 1.165) is 56.9 Å². The van der Waals surface area contributed by atoms with Crippen LogP contribution < -0.4 is 20.1 Å². The number of amides is 2. The molecule has 0 atom stereocenters. The van der Waals surface area contributed by atoms with Crippen LogP contribution in [0.25, 0.3) is 0 Å². The van der Waals surface area contributed by atoms with Crippen LogP contribution in [0.2, 0.25) is 0 Å². The maximum absolute atomic E-state index is 11.9. The van der Waals surface area contributed by atoms with E-state index in [1.54, 1.807) is 66.7 Å². The van der Waals surface area contributed by atoms with E-state index < -0.39 is 43.9 Å². The number of hydrogen-bond donors (Lipinski definition) is 9. The number of benzene rings is 4. The molecule has 0 heterocycles. The zero-order valence-electron chi connectivity index (χ0n) is 41.9. The summed E-state index contributed by atoms with van der Waals surface area (Å²) in [6.07, 6.45) is 11.6. The Balaban J connectivity index is 0.000000494. The van der Waals surface area contributed by atoms with Gasteiger partial charge in [-0.1, -0.05) is 117 Å². The van der Waals surface area contributed by atoms with E-state index in [-0.39, 0.29) is 58.6 Å². The highest BCUT2D eigenvalue weighted by atomic mass is 32.2. The van der Waals surface area contributed by atoms with Crippen molar-refractivity contribution in [3.63, 3.8) is 0 Å². The molecular formula is C53H74N4O15S2. The Kier molecular flexibility index (Phi) is 35.1. The van der Waals surface area contributed by atoms with Crippen molar-refractivity contribution >= 4 is 55.7 Å². The number of hydrogen-bond acceptors (Lipinski definition) is 11. The molecule has 19 nitrogen and oxygen atoms in total.